The van der Waals surface area contributed by atoms with Gasteiger partial charge in [0.1, 0.15) is 23.4 Å². The van der Waals surface area contributed by atoms with E-state index >= 15 is 0 Å². The third-order valence-corrected chi connectivity index (χ3v) is 3.07. The summed E-state index contributed by atoms with van der Waals surface area (Å²) in [7, 11) is 1.56. The SMILES string of the molecule is COc1ccc(OCC(=O)N[C@@H](C#N)c2ccc(F)cc2)cc1. The molecule has 0 spiro atoms. The van der Waals surface area contributed by atoms with Gasteiger partial charge in [0.2, 0.25) is 0 Å². The van der Waals surface area contributed by atoms with E-state index in [0.717, 1.165) is 0 Å². The number of rotatable bonds is 6. The summed E-state index contributed by atoms with van der Waals surface area (Å²) in [6.07, 6.45) is 0. The molecule has 0 aromatic heterocycles. The highest BCUT2D eigenvalue weighted by atomic mass is 19.1. The predicted molar refractivity (Wildman–Crippen MR) is 81.4 cm³/mol. The number of nitrogens with one attached hydrogen (secondary N) is 1. The van der Waals surface area contributed by atoms with E-state index in [2.05, 4.69) is 5.32 Å². The topological polar surface area (TPSA) is 71.3 Å². The summed E-state index contributed by atoms with van der Waals surface area (Å²) in [5.74, 6) is 0.343. The highest BCUT2D eigenvalue weighted by Crippen LogP contribution is 2.17. The molecule has 23 heavy (non-hydrogen) atoms. The second-order valence-corrected chi connectivity index (χ2v) is 4.65. The standard InChI is InChI=1S/C17H15FN2O3/c1-22-14-6-8-15(9-7-14)23-11-17(21)20-16(10-19)12-2-4-13(18)5-3-12/h2-9,16H,11H2,1H3,(H,20,21)/t16-/m0/s1. The third-order valence-electron chi connectivity index (χ3n) is 3.07. The van der Waals surface area contributed by atoms with E-state index in [0.29, 0.717) is 17.1 Å². The Morgan fingerprint density at radius 3 is 2.35 bits per heavy atom. The molecule has 6 heteroatoms. The van der Waals surface area contributed by atoms with Crippen molar-refractivity contribution in [1.29, 1.82) is 5.26 Å². The smallest absolute Gasteiger partial charge is 0.259 e. The van der Waals surface area contributed by atoms with E-state index in [1.54, 1.807) is 31.4 Å². The quantitative estimate of drug-likeness (QED) is 0.889. The lowest BCUT2D eigenvalue weighted by Gasteiger charge is -2.12. The van der Waals surface area contributed by atoms with Crippen LogP contribution in [0.1, 0.15) is 11.6 Å². The zero-order valence-corrected chi connectivity index (χ0v) is 12.5. The fourth-order valence-electron chi connectivity index (χ4n) is 1.87. The first-order valence-corrected chi connectivity index (χ1v) is 6.83. The lowest BCUT2D eigenvalue weighted by atomic mass is 10.1. The molecule has 118 valence electrons. The van der Waals surface area contributed by atoms with Crippen molar-refractivity contribution in [2.75, 3.05) is 13.7 Å². The number of nitriles is 1. The van der Waals surface area contributed by atoms with Crippen LogP contribution in [-0.4, -0.2) is 19.6 Å². The predicted octanol–water partition coefficient (Wildman–Crippen LogP) is 2.59. The van der Waals surface area contributed by atoms with E-state index in [9.17, 15) is 9.18 Å². The first-order chi connectivity index (χ1) is 11.1. The molecule has 0 aliphatic heterocycles. The third kappa shape index (κ3) is 4.71. The van der Waals surface area contributed by atoms with Gasteiger partial charge in [0, 0.05) is 0 Å². The van der Waals surface area contributed by atoms with Crippen LogP contribution in [0.2, 0.25) is 0 Å². The van der Waals surface area contributed by atoms with Crippen molar-refractivity contribution in [1.82, 2.24) is 5.32 Å². The van der Waals surface area contributed by atoms with Gasteiger partial charge in [0.15, 0.2) is 6.61 Å². The molecule has 1 amide bonds. The highest BCUT2D eigenvalue weighted by Gasteiger charge is 2.14. The molecule has 1 atom stereocenters. The Balaban J connectivity index is 1.89. The number of hydrogen-bond acceptors (Lipinski definition) is 4. The van der Waals surface area contributed by atoms with Crippen LogP contribution < -0.4 is 14.8 Å². The Hall–Kier alpha value is -3.07. The normalized spacial score (nSPS) is 11.2. The Morgan fingerprint density at radius 2 is 1.78 bits per heavy atom. The van der Waals surface area contributed by atoms with Gasteiger partial charge >= 0.3 is 0 Å². The van der Waals surface area contributed by atoms with Crippen molar-refractivity contribution in [2.24, 2.45) is 0 Å². The summed E-state index contributed by atoms with van der Waals surface area (Å²) in [5.41, 5.74) is 0.506. The summed E-state index contributed by atoms with van der Waals surface area (Å²) < 4.78 is 23.2. The summed E-state index contributed by atoms with van der Waals surface area (Å²) in [4.78, 5) is 11.9. The van der Waals surface area contributed by atoms with Crippen molar-refractivity contribution >= 4 is 5.91 Å². The van der Waals surface area contributed by atoms with Crippen LogP contribution in [0.5, 0.6) is 11.5 Å². The van der Waals surface area contributed by atoms with Gasteiger partial charge in [-0.2, -0.15) is 5.26 Å². The monoisotopic (exact) mass is 314 g/mol. The average Bonchev–Trinajstić information content (AvgIpc) is 2.59. The molecular formula is C17H15FN2O3. The molecule has 0 fully saturated rings. The fourth-order valence-corrected chi connectivity index (χ4v) is 1.87. The second-order valence-electron chi connectivity index (χ2n) is 4.65. The molecule has 5 nitrogen and oxygen atoms in total. The van der Waals surface area contributed by atoms with Crippen molar-refractivity contribution in [3.63, 3.8) is 0 Å². The molecule has 2 aromatic rings. The molecule has 2 rings (SSSR count). The minimum absolute atomic E-state index is 0.230. The van der Waals surface area contributed by atoms with Crippen LogP contribution in [-0.2, 0) is 4.79 Å². The number of methoxy groups -OCH3 is 1. The minimum Gasteiger partial charge on any atom is -0.497 e. The summed E-state index contributed by atoms with van der Waals surface area (Å²) in [6, 6.07) is 13.2. The summed E-state index contributed by atoms with van der Waals surface area (Å²) in [5, 5.41) is 11.7. The number of hydrogen-bond donors (Lipinski definition) is 1. The molecule has 1 N–H and O–H groups in total. The average molecular weight is 314 g/mol. The zero-order chi connectivity index (χ0) is 16.7. The maximum Gasteiger partial charge on any atom is 0.259 e. The molecule has 0 bridgehead atoms. The van der Waals surface area contributed by atoms with Gasteiger partial charge in [-0.1, -0.05) is 12.1 Å². The molecule has 0 aliphatic carbocycles. The number of benzene rings is 2. The van der Waals surface area contributed by atoms with Crippen LogP contribution in [0.4, 0.5) is 4.39 Å². The number of halogens is 1. The molecule has 0 unspecified atom stereocenters. The molecular weight excluding hydrogens is 299 g/mol. The van der Waals surface area contributed by atoms with E-state index in [-0.39, 0.29) is 6.61 Å². The number of ether oxygens (including phenoxy) is 2. The van der Waals surface area contributed by atoms with Gasteiger partial charge in [-0.05, 0) is 42.0 Å². The molecule has 0 saturated heterocycles. The van der Waals surface area contributed by atoms with E-state index in [1.807, 2.05) is 6.07 Å². The molecule has 0 heterocycles. The van der Waals surface area contributed by atoms with Crippen LogP contribution >= 0.6 is 0 Å². The highest BCUT2D eigenvalue weighted by molar-refractivity contribution is 5.78. The van der Waals surface area contributed by atoms with Crippen LogP contribution in [0.3, 0.4) is 0 Å². The Morgan fingerprint density at radius 1 is 1.17 bits per heavy atom. The Kier molecular flexibility index (Phi) is 5.53. The van der Waals surface area contributed by atoms with E-state index < -0.39 is 17.8 Å². The maximum absolute atomic E-state index is 12.9. The van der Waals surface area contributed by atoms with Gasteiger partial charge in [-0.3, -0.25) is 4.79 Å². The Labute approximate surface area is 133 Å². The molecule has 2 aromatic carbocycles. The largest absolute Gasteiger partial charge is 0.497 e. The van der Waals surface area contributed by atoms with E-state index in [4.69, 9.17) is 14.7 Å². The summed E-state index contributed by atoms with van der Waals surface area (Å²) in [6.45, 7) is -0.230. The fraction of sp³-hybridized carbons (Fsp3) is 0.176. The number of carbonyl (C=O) groups is 1. The lowest BCUT2D eigenvalue weighted by Crippen LogP contribution is -2.32. The van der Waals surface area contributed by atoms with Crippen molar-refractivity contribution in [3.8, 4) is 17.6 Å². The molecule has 0 radical (unpaired) electrons. The number of carbonyl (C=O) groups excluding carboxylic acids is 1. The Bertz CT molecular complexity index is 693. The molecule has 0 aliphatic rings. The first kappa shape index (κ1) is 16.3. The minimum atomic E-state index is -0.859. The second kappa shape index (κ2) is 7.80. The van der Waals surface area contributed by atoms with Crippen LogP contribution in [0.15, 0.2) is 48.5 Å². The first-order valence-electron chi connectivity index (χ1n) is 6.83. The zero-order valence-electron chi connectivity index (χ0n) is 12.5. The maximum atomic E-state index is 12.9. The van der Waals surface area contributed by atoms with Crippen LogP contribution in [0.25, 0.3) is 0 Å². The molecule has 0 saturated carbocycles. The van der Waals surface area contributed by atoms with Gasteiger partial charge in [-0.15, -0.1) is 0 Å². The van der Waals surface area contributed by atoms with Gasteiger partial charge in [-0.25, -0.2) is 4.39 Å². The lowest BCUT2D eigenvalue weighted by molar-refractivity contribution is -0.123. The number of nitrogens with zero attached hydrogens (tertiary/aromatic N) is 1. The van der Waals surface area contributed by atoms with Gasteiger partial charge < -0.3 is 14.8 Å². The van der Waals surface area contributed by atoms with Gasteiger partial charge in [0.25, 0.3) is 5.91 Å². The van der Waals surface area contributed by atoms with Crippen molar-refractivity contribution in [3.05, 3.63) is 59.9 Å². The van der Waals surface area contributed by atoms with Crippen molar-refractivity contribution in [2.45, 2.75) is 6.04 Å². The number of amides is 1. The van der Waals surface area contributed by atoms with Crippen LogP contribution in [0, 0.1) is 17.1 Å². The van der Waals surface area contributed by atoms with Gasteiger partial charge in [0.05, 0.1) is 13.2 Å². The van der Waals surface area contributed by atoms with Crippen molar-refractivity contribution < 1.29 is 18.7 Å². The summed E-state index contributed by atoms with van der Waals surface area (Å²) >= 11 is 0. The van der Waals surface area contributed by atoms with E-state index in [1.165, 1.54) is 24.3 Å².